The average molecular weight is 529 g/mol. The highest BCUT2D eigenvalue weighted by atomic mass is 19.4. The Balaban J connectivity index is 1.23. The second-order valence-corrected chi connectivity index (χ2v) is 8.53. The number of nitrogens with zero attached hydrogens (tertiary/aromatic N) is 8. The molecule has 1 atom stereocenters. The van der Waals surface area contributed by atoms with E-state index in [2.05, 4.69) is 30.8 Å². The van der Waals surface area contributed by atoms with Crippen molar-refractivity contribution < 1.29 is 26.7 Å². The van der Waals surface area contributed by atoms with Crippen molar-refractivity contribution in [2.45, 2.75) is 51.1 Å². The van der Waals surface area contributed by atoms with Crippen molar-refractivity contribution in [2.75, 3.05) is 30.0 Å². The molecule has 0 bridgehead atoms. The molecule has 0 amide bonds. The van der Waals surface area contributed by atoms with Crippen molar-refractivity contribution in [1.29, 1.82) is 0 Å². The maximum Gasteiger partial charge on any atom is 0.421 e. The van der Waals surface area contributed by atoms with Gasteiger partial charge in [-0.05, 0) is 25.8 Å². The quantitative estimate of drug-likeness (QED) is 0.418. The van der Waals surface area contributed by atoms with Crippen LogP contribution in [0.3, 0.4) is 0 Å². The zero-order valence-electron chi connectivity index (χ0n) is 19.6. The van der Waals surface area contributed by atoms with Crippen LogP contribution in [0, 0.1) is 0 Å². The van der Waals surface area contributed by atoms with E-state index >= 15 is 0 Å². The normalized spacial score (nSPS) is 15.8. The van der Waals surface area contributed by atoms with Crippen LogP contribution in [-0.2, 0) is 17.5 Å². The Bertz CT molecular complexity index is 1220. The number of hydrogen-bond acceptors (Lipinski definition) is 9. The van der Waals surface area contributed by atoms with Gasteiger partial charge in [0.15, 0.2) is 0 Å². The van der Waals surface area contributed by atoms with Gasteiger partial charge in [0.05, 0.1) is 43.3 Å². The van der Waals surface area contributed by atoms with Crippen LogP contribution in [0.1, 0.15) is 49.1 Å². The summed E-state index contributed by atoms with van der Waals surface area (Å²) in [4.78, 5) is 22.5. The molecule has 4 heterocycles. The Kier molecular flexibility index (Phi) is 7.94. The molecule has 1 N–H and O–H groups in total. The van der Waals surface area contributed by atoms with Gasteiger partial charge in [-0.15, -0.1) is 9.89 Å². The van der Waals surface area contributed by atoms with Crippen LogP contribution in [0.2, 0.25) is 0 Å². The second kappa shape index (κ2) is 11.1. The predicted molar refractivity (Wildman–Crippen MR) is 119 cm³/mol. The summed E-state index contributed by atoms with van der Waals surface area (Å²) in [7, 11) is 0. The largest absolute Gasteiger partial charge is 0.421 e. The number of piperidine rings is 1. The predicted octanol–water partition coefficient (Wildman–Crippen LogP) is 2.57. The molecule has 0 aliphatic carbocycles. The number of hydrogen-bond donors (Lipinski definition) is 1. The second-order valence-electron chi connectivity index (χ2n) is 8.53. The summed E-state index contributed by atoms with van der Waals surface area (Å²) in [6, 6.07) is 0.178. The van der Waals surface area contributed by atoms with Gasteiger partial charge in [-0.1, -0.05) is 5.21 Å². The fourth-order valence-electron chi connectivity index (χ4n) is 3.80. The van der Waals surface area contributed by atoms with E-state index in [1.807, 2.05) is 4.90 Å². The van der Waals surface area contributed by atoms with Gasteiger partial charge in [-0.25, -0.2) is 23.4 Å². The summed E-state index contributed by atoms with van der Waals surface area (Å²) in [6.45, 7) is 3.05. The molecule has 0 saturated carbocycles. The first kappa shape index (κ1) is 26.4. The molecule has 11 nitrogen and oxygen atoms in total. The van der Waals surface area contributed by atoms with Gasteiger partial charge in [0, 0.05) is 25.5 Å². The van der Waals surface area contributed by atoms with Gasteiger partial charge in [0.2, 0.25) is 5.95 Å². The summed E-state index contributed by atoms with van der Waals surface area (Å²) in [5, 5.41) is 11.9. The fourth-order valence-corrected chi connectivity index (χ4v) is 3.80. The monoisotopic (exact) mass is 529 g/mol. The molecule has 4 rings (SSSR count). The van der Waals surface area contributed by atoms with E-state index in [9.17, 15) is 26.7 Å². The van der Waals surface area contributed by atoms with E-state index in [0.29, 0.717) is 35.6 Å². The lowest BCUT2D eigenvalue weighted by Crippen LogP contribution is -2.40. The maximum absolute atomic E-state index is 12.9. The number of anilines is 1. The Labute approximate surface area is 207 Å². The van der Waals surface area contributed by atoms with Crippen LogP contribution < -0.4 is 15.9 Å². The van der Waals surface area contributed by atoms with Gasteiger partial charge < -0.3 is 15.1 Å². The summed E-state index contributed by atoms with van der Waals surface area (Å²) >= 11 is 0. The molecule has 37 heavy (non-hydrogen) atoms. The van der Waals surface area contributed by atoms with Crippen molar-refractivity contribution >= 4 is 5.95 Å². The molecule has 1 unspecified atom stereocenters. The minimum absolute atomic E-state index is 0.0694. The highest BCUT2D eigenvalue weighted by Crippen LogP contribution is 2.26. The molecule has 1 aliphatic heterocycles. The summed E-state index contributed by atoms with van der Waals surface area (Å²) in [6.07, 6.45) is -1.02. The number of alkyl halides is 5. The van der Waals surface area contributed by atoms with Crippen LogP contribution in [0.5, 0.6) is 0 Å². The first-order valence-corrected chi connectivity index (χ1v) is 11.4. The minimum Gasteiger partial charge on any atom is -0.373 e. The third-order valence-corrected chi connectivity index (χ3v) is 5.70. The Hall–Kier alpha value is -3.69. The maximum atomic E-state index is 12.9. The Morgan fingerprint density at radius 3 is 2.54 bits per heavy atom. The van der Waals surface area contributed by atoms with Crippen molar-refractivity contribution in [3.8, 4) is 0 Å². The molecule has 3 aromatic heterocycles. The molecule has 0 spiro atoms. The van der Waals surface area contributed by atoms with Crippen LogP contribution in [0.15, 0.2) is 35.6 Å². The van der Waals surface area contributed by atoms with Gasteiger partial charge >= 0.3 is 6.18 Å². The fraction of sp³-hybridized carbons (Fsp3) is 0.524. The van der Waals surface area contributed by atoms with Gasteiger partial charge in [-0.2, -0.15) is 18.3 Å². The topological polar surface area (TPSA) is 116 Å². The minimum atomic E-state index is -4.78. The molecule has 1 fully saturated rings. The van der Waals surface area contributed by atoms with E-state index in [1.54, 1.807) is 17.8 Å². The van der Waals surface area contributed by atoms with Crippen LogP contribution >= 0.6 is 0 Å². The van der Waals surface area contributed by atoms with E-state index in [0.717, 1.165) is 31.4 Å². The third-order valence-electron chi connectivity index (χ3n) is 5.70. The highest BCUT2D eigenvalue weighted by molar-refractivity contribution is 5.30. The number of ether oxygens (including phenoxy) is 1. The number of rotatable bonds is 9. The van der Waals surface area contributed by atoms with E-state index in [4.69, 9.17) is 4.74 Å². The summed E-state index contributed by atoms with van der Waals surface area (Å²) < 4.78 is 71.3. The summed E-state index contributed by atoms with van der Waals surface area (Å²) in [5.74, 6) is 0.404. The third kappa shape index (κ3) is 6.55. The lowest BCUT2D eigenvalue weighted by atomic mass is 10.1. The SMILES string of the molecule is CC(COCc1cn(C2CCN(c3ncc(C(F)F)cn3)CC2)nn1)Nn1nccc(C(F)(F)F)c1=O. The molecule has 3 aromatic rings. The standard InChI is InChI=1S/C21H24F5N9O2/c1-13(31-35-19(36)17(2-5-29-35)21(24,25)26)11-37-12-15-10-34(32-30-15)16-3-6-33(7-4-16)20-27-8-14(9-28-20)18(22)23/h2,5,8-10,13,16,18,31H,3-4,6-7,11-12H2,1H3. The molecule has 16 heteroatoms. The zero-order chi connectivity index (χ0) is 26.6. The van der Waals surface area contributed by atoms with Crippen LogP contribution in [0.4, 0.5) is 27.9 Å². The number of nitrogens with one attached hydrogen (secondary N) is 1. The lowest BCUT2D eigenvalue weighted by molar-refractivity contribution is -0.139. The average Bonchev–Trinajstić information content (AvgIpc) is 3.34. The first-order chi connectivity index (χ1) is 17.6. The number of aromatic nitrogens is 7. The van der Waals surface area contributed by atoms with E-state index in [-0.39, 0.29) is 24.8 Å². The molecule has 0 radical (unpaired) electrons. The molecular weight excluding hydrogens is 505 g/mol. The van der Waals surface area contributed by atoms with E-state index < -0.39 is 29.8 Å². The first-order valence-electron chi connectivity index (χ1n) is 11.4. The molecular formula is C21H24F5N9O2. The Morgan fingerprint density at radius 2 is 1.89 bits per heavy atom. The zero-order valence-corrected chi connectivity index (χ0v) is 19.6. The Morgan fingerprint density at radius 1 is 1.19 bits per heavy atom. The van der Waals surface area contributed by atoms with Crippen molar-refractivity contribution in [3.63, 3.8) is 0 Å². The van der Waals surface area contributed by atoms with Crippen LogP contribution in [-0.4, -0.2) is 60.6 Å². The highest BCUT2D eigenvalue weighted by Gasteiger charge is 2.34. The van der Waals surface area contributed by atoms with Crippen LogP contribution in [0.25, 0.3) is 0 Å². The van der Waals surface area contributed by atoms with Gasteiger partial charge in [0.25, 0.3) is 12.0 Å². The molecule has 200 valence electrons. The lowest BCUT2D eigenvalue weighted by Gasteiger charge is -2.31. The van der Waals surface area contributed by atoms with E-state index in [1.165, 1.54) is 0 Å². The van der Waals surface area contributed by atoms with Crippen molar-refractivity contribution in [1.82, 2.24) is 34.9 Å². The van der Waals surface area contributed by atoms with Gasteiger partial charge in [0.1, 0.15) is 11.3 Å². The summed E-state index contributed by atoms with van der Waals surface area (Å²) in [5.41, 5.74) is 0.296. The van der Waals surface area contributed by atoms with Gasteiger partial charge in [-0.3, -0.25) is 4.79 Å². The molecule has 1 aliphatic rings. The molecule has 0 aromatic carbocycles. The number of halogens is 5. The smallest absolute Gasteiger partial charge is 0.373 e. The van der Waals surface area contributed by atoms with Crippen molar-refractivity contribution in [2.24, 2.45) is 0 Å². The molecule has 1 saturated heterocycles. The van der Waals surface area contributed by atoms with Crippen molar-refractivity contribution in [3.05, 3.63) is 58.0 Å².